The van der Waals surface area contributed by atoms with Gasteiger partial charge in [-0.1, -0.05) is 18.7 Å². The minimum absolute atomic E-state index is 0.0154. The van der Waals surface area contributed by atoms with Gasteiger partial charge in [0, 0.05) is 25.0 Å². The van der Waals surface area contributed by atoms with Gasteiger partial charge in [0.15, 0.2) is 0 Å². The van der Waals surface area contributed by atoms with Gasteiger partial charge in [-0.25, -0.2) is 14.2 Å². The van der Waals surface area contributed by atoms with Gasteiger partial charge in [0.2, 0.25) is 5.95 Å². The van der Waals surface area contributed by atoms with Crippen LogP contribution in [0.4, 0.5) is 55.2 Å². The number of hydrogen-bond donors (Lipinski definition) is 2. The van der Waals surface area contributed by atoms with E-state index in [2.05, 4.69) is 41.9 Å². The van der Waals surface area contributed by atoms with Gasteiger partial charge in [0.1, 0.15) is 17.4 Å². The van der Waals surface area contributed by atoms with Crippen LogP contribution in [0.3, 0.4) is 0 Å². The monoisotopic (exact) mass is 607 g/mol. The number of nitrogens with zero attached hydrogens (tertiary/aromatic N) is 5. The maximum Gasteiger partial charge on any atom is 0.493 e. The number of ether oxygens (including phenoxy) is 1. The fourth-order valence-corrected chi connectivity index (χ4v) is 3.51. The highest BCUT2D eigenvalue weighted by Gasteiger charge is 2.43. The fourth-order valence-electron chi connectivity index (χ4n) is 3.51. The van der Waals surface area contributed by atoms with Crippen LogP contribution in [0.15, 0.2) is 73.7 Å². The molecule has 0 bridgehead atoms. The second-order valence-corrected chi connectivity index (χ2v) is 8.39. The van der Waals surface area contributed by atoms with Gasteiger partial charge in [-0.2, -0.15) is 32.0 Å². The van der Waals surface area contributed by atoms with Crippen LogP contribution in [0.5, 0.6) is 5.75 Å². The Morgan fingerprint density at radius 3 is 2.53 bits per heavy atom. The quantitative estimate of drug-likeness (QED) is 0.141. The van der Waals surface area contributed by atoms with E-state index in [9.17, 15) is 35.9 Å². The summed E-state index contributed by atoms with van der Waals surface area (Å²) < 4.78 is 85.1. The molecule has 0 saturated heterocycles. The molecule has 1 amide bonds. The number of aromatic nitrogens is 4. The summed E-state index contributed by atoms with van der Waals surface area (Å²) in [6.07, 6.45) is -0.515. The van der Waals surface area contributed by atoms with Crippen LogP contribution >= 0.6 is 0 Å². The highest BCUT2D eigenvalue weighted by Crippen LogP contribution is 2.34. The third-order valence-electron chi connectivity index (χ3n) is 5.34. The molecule has 2 aromatic heterocycles. The number of alkyl halides is 5. The topological polar surface area (TPSA) is 124 Å². The lowest BCUT2D eigenvalue weighted by molar-refractivity contribution is -0.201. The SMILES string of the molecule is C=CC(=O)N(OC(=O)C(F)(F)F)c1ccc(F)c(Nc2nc(Nc3cnn(C)c3)ncc2-c2cccc(OC(F)F)c2)c1. The number of anilines is 5. The maximum atomic E-state index is 15.0. The molecule has 4 rings (SSSR count). The van der Waals surface area contributed by atoms with E-state index < -0.39 is 41.9 Å². The van der Waals surface area contributed by atoms with E-state index in [1.807, 2.05) is 0 Å². The first kappa shape index (κ1) is 30.4. The molecule has 0 aliphatic carbocycles. The van der Waals surface area contributed by atoms with E-state index in [0.717, 1.165) is 18.2 Å². The molecule has 0 atom stereocenters. The van der Waals surface area contributed by atoms with Crippen LogP contribution in [-0.4, -0.2) is 44.4 Å². The summed E-state index contributed by atoms with van der Waals surface area (Å²) in [5.74, 6) is -5.26. The summed E-state index contributed by atoms with van der Waals surface area (Å²) >= 11 is 0. The molecule has 0 aliphatic rings. The largest absolute Gasteiger partial charge is 0.493 e. The lowest BCUT2D eigenvalue weighted by Crippen LogP contribution is -2.38. The Balaban J connectivity index is 1.77. The molecule has 0 saturated carbocycles. The molecule has 0 fully saturated rings. The lowest BCUT2D eigenvalue weighted by Gasteiger charge is -2.21. The predicted octanol–water partition coefficient (Wildman–Crippen LogP) is 5.64. The molecular formula is C26H19F6N7O4. The van der Waals surface area contributed by atoms with Gasteiger partial charge in [-0.15, -0.1) is 5.06 Å². The Kier molecular flexibility index (Phi) is 8.82. The van der Waals surface area contributed by atoms with E-state index in [0.29, 0.717) is 11.8 Å². The molecule has 4 aromatic rings. The van der Waals surface area contributed by atoms with Crippen LogP contribution < -0.4 is 20.4 Å². The first-order chi connectivity index (χ1) is 20.3. The molecule has 0 spiro atoms. The Labute approximate surface area is 238 Å². The van der Waals surface area contributed by atoms with Crippen molar-refractivity contribution in [3.8, 4) is 16.9 Å². The molecular weight excluding hydrogens is 588 g/mol. The van der Waals surface area contributed by atoms with E-state index in [-0.39, 0.29) is 33.7 Å². The molecule has 0 radical (unpaired) electrons. The third-order valence-corrected chi connectivity index (χ3v) is 5.34. The fraction of sp³-hybridized carbons (Fsp3) is 0.115. The van der Waals surface area contributed by atoms with E-state index >= 15 is 0 Å². The van der Waals surface area contributed by atoms with Crippen molar-refractivity contribution >= 4 is 40.7 Å². The van der Waals surface area contributed by atoms with Crippen molar-refractivity contribution in [2.24, 2.45) is 7.05 Å². The number of rotatable bonds is 9. The van der Waals surface area contributed by atoms with Gasteiger partial charge in [0.05, 0.1) is 23.3 Å². The summed E-state index contributed by atoms with van der Waals surface area (Å²) in [6, 6.07) is 7.98. The van der Waals surface area contributed by atoms with E-state index in [1.54, 1.807) is 13.2 Å². The smallest absolute Gasteiger partial charge is 0.435 e. The first-order valence-electron chi connectivity index (χ1n) is 11.8. The number of hydroxylamine groups is 1. The molecule has 2 heterocycles. The number of carbonyl (C=O) groups is 2. The van der Waals surface area contributed by atoms with Crippen LogP contribution in [0.1, 0.15) is 0 Å². The maximum absolute atomic E-state index is 15.0. The molecule has 17 heteroatoms. The summed E-state index contributed by atoms with van der Waals surface area (Å²) in [4.78, 5) is 36.4. The number of carbonyl (C=O) groups excluding carboxylic acids is 2. The van der Waals surface area contributed by atoms with Crippen molar-refractivity contribution < 1.29 is 45.5 Å². The summed E-state index contributed by atoms with van der Waals surface area (Å²) in [7, 11) is 1.67. The summed E-state index contributed by atoms with van der Waals surface area (Å²) in [6.45, 7) is 0.0480. The van der Waals surface area contributed by atoms with E-state index in [1.165, 1.54) is 41.3 Å². The Hall–Kier alpha value is -5.61. The zero-order valence-corrected chi connectivity index (χ0v) is 21.8. The molecule has 43 heavy (non-hydrogen) atoms. The average Bonchev–Trinajstić information content (AvgIpc) is 3.36. The summed E-state index contributed by atoms with van der Waals surface area (Å²) in [5, 5.41) is 9.53. The minimum Gasteiger partial charge on any atom is -0.435 e. The lowest BCUT2D eigenvalue weighted by atomic mass is 10.1. The highest BCUT2D eigenvalue weighted by molar-refractivity contribution is 6.01. The predicted molar refractivity (Wildman–Crippen MR) is 140 cm³/mol. The number of amides is 1. The number of halogens is 6. The molecule has 2 N–H and O–H groups in total. The molecule has 2 aromatic carbocycles. The van der Waals surface area contributed by atoms with Gasteiger partial charge >= 0.3 is 18.8 Å². The zero-order valence-electron chi connectivity index (χ0n) is 21.8. The Morgan fingerprint density at radius 2 is 1.88 bits per heavy atom. The van der Waals surface area contributed by atoms with Crippen molar-refractivity contribution in [3.63, 3.8) is 0 Å². The van der Waals surface area contributed by atoms with Crippen molar-refractivity contribution in [1.29, 1.82) is 0 Å². The molecule has 11 nitrogen and oxygen atoms in total. The van der Waals surface area contributed by atoms with Crippen LogP contribution in [0.2, 0.25) is 0 Å². The molecule has 0 aliphatic heterocycles. The van der Waals surface area contributed by atoms with Gasteiger partial charge < -0.3 is 20.2 Å². The van der Waals surface area contributed by atoms with Crippen molar-refractivity contribution in [3.05, 3.63) is 79.5 Å². The number of hydrogen-bond acceptors (Lipinski definition) is 9. The van der Waals surface area contributed by atoms with Crippen molar-refractivity contribution in [2.45, 2.75) is 12.8 Å². The number of nitrogens with one attached hydrogen (secondary N) is 2. The second-order valence-electron chi connectivity index (χ2n) is 8.39. The minimum atomic E-state index is -5.45. The standard InChI is InChI=1S/C26H19F6N7O4/c1-3-21(40)39(43-23(41)26(30,31)32)16-7-8-19(27)20(10-16)36-22-18(14-5-4-6-17(9-14)42-24(28)29)12-33-25(37-22)35-15-11-34-38(2)13-15/h3-13,24H,1H2,2H3,(H2,33,35,36,37). The van der Waals surface area contributed by atoms with Gasteiger partial charge in [0.25, 0.3) is 5.91 Å². The highest BCUT2D eigenvalue weighted by atomic mass is 19.4. The second kappa shape index (κ2) is 12.5. The number of benzene rings is 2. The van der Waals surface area contributed by atoms with Crippen LogP contribution in [0.25, 0.3) is 11.1 Å². The van der Waals surface area contributed by atoms with Crippen LogP contribution in [0, 0.1) is 5.82 Å². The normalized spacial score (nSPS) is 11.2. The molecule has 0 unspecified atom stereocenters. The van der Waals surface area contributed by atoms with E-state index in [4.69, 9.17) is 0 Å². The van der Waals surface area contributed by atoms with Gasteiger partial charge in [-0.05, 0) is 42.0 Å². The molecule has 224 valence electrons. The number of aryl methyl sites for hydroxylation is 1. The Bertz CT molecular complexity index is 1660. The zero-order chi connectivity index (χ0) is 31.3. The van der Waals surface area contributed by atoms with Crippen LogP contribution in [-0.2, 0) is 21.5 Å². The van der Waals surface area contributed by atoms with Crippen molar-refractivity contribution in [2.75, 3.05) is 15.7 Å². The average molecular weight is 607 g/mol. The van der Waals surface area contributed by atoms with Gasteiger partial charge in [-0.3, -0.25) is 9.48 Å². The van der Waals surface area contributed by atoms with Crippen molar-refractivity contribution in [1.82, 2.24) is 19.7 Å². The third kappa shape index (κ3) is 7.57. The Morgan fingerprint density at radius 1 is 1.12 bits per heavy atom. The summed E-state index contributed by atoms with van der Waals surface area (Å²) in [5.41, 5.74) is -0.0269. The first-order valence-corrected chi connectivity index (χ1v) is 11.8.